The number of ether oxygens (including phenoxy) is 1. The molecule has 0 aromatic rings. The molecule has 0 aromatic carbocycles. The molecule has 0 unspecified atom stereocenters. The molecule has 0 aliphatic heterocycles. The molecule has 0 spiro atoms. The van der Waals surface area contributed by atoms with Crippen molar-refractivity contribution in [3.05, 3.63) is 0 Å². The molecule has 180 valence electrons. The zero-order valence-electron chi connectivity index (χ0n) is 18.9. The first-order valence-electron chi connectivity index (χ1n) is 11.9. The number of aliphatic hydroxyl groups is 5. The van der Waals surface area contributed by atoms with Gasteiger partial charge in [0.25, 0.3) is 0 Å². The van der Waals surface area contributed by atoms with Gasteiger partial charge in [-0.1, -0.05) is 90.4 Å². The third-order valence-electron chi connectivity index (χ3n) is 5.51. The van der Waals surface area contributed by atoms with Crippen molar-refractivity contribution < 1.29 is 35.1 Å². The van der Waals surface area contributed by atoms with Crippen molar-refractivity contribution in [2.75, 3.05) is 13.2 Å². The van der Waals surface area contributed by atoms with Gasteiger partial charge in [0, 0.05) is 6.42 Å². The van der Waals surface area contributed by atoms with Gasteiger partial charge in [-0.05, 0) is 6.42 Å². The maximum Gasteiger partial charge on any atom is 0.306 e. The molecule has 0 aliphatic rings. The Morgan fingerprint density at radius 2 is 1.10 bits per heavy atom. The number of carbonyl (C=O) groups is 1. The lowest BCUT2D eigenvalue weighted by molar-refractivity contribution is -0.171. The predicted molar refractivity (Wildman–Crippen MR) is 117 cm³/mol. The highest BCUT2D eigenvalue weighted by Gasteiger charge is 2.33. The van der Waals surface area contributed by atoms with Gasteiger partial charge in [-0.3, -0.25) is 4.79 Å². The molecule has 0 fully saturated rings. The molecule has 0 aromatic heterocycles. The number of carbonyl (C=O) groups excluding carboxylic acids is 1. The van der Waals surface area contributed by atoms with Crippen LogP contribution >= 0.6 is 0 Å². The molecule has 4 atom stereocenters. The van der Waals surface area contributed by atoms with Crippen molar-refractivity contribution in [2.24, 2.45) is 0 Å². The molecule has 0 aliphatic carbocycles. The van der Waals surface area contributed by atoms with Crippen LogP contribution in [0.3, 0.4) is 0 Å². The van der Waals surface area contributed by atoms with Gasteiger partial charge in [-0.25, -0.2) is 0 Å². The SMILES string of the molecule is CCCCCCCCCCCCCCCCC(=O)O[C@H](CO)[C@@H](O)[C@H](O)[C@H](O)CO. The minimum atomic E-state index is -1.71. The van der Waals surface area contributed by atoms with Crippen LogP contribution in [0.15, 0.2) is 0 Å². The van der Waals surface area contributed by atoms with E-state index in [0.717, 1.165) is 19.3 Å². The van der Waals surface area contributed by atoms with E-state index >= 15 is 0 Å². The normalized spacial score (nSPS) is 15.5. The third-order valence-corrected chi connectivity index (χ3v) is 5.51. The Bertz CT molecular complexity index is 392. The molecule has 0 rings (SSSR count). The molecular weight excluding hydrogens is 388 g/mol. The number of esters is 1. The maximum atomic E-state index is 11.9. The summed E-state index contributed by atoms with van der Waals surface area (Å²) in [4.78, 5) is 11.9. The monoisotopic (exact) mass is 434 g/mol. The number of unbranched alkanes of at least 4 members (excludes halogenated alkanes) is 13. The number of aliphatic hydroxyl groups excluding tert-OH is 5. The second-order valence-electron chi connectivity index (χ2n) is 8.29. The standard InChI is InChI=1S/C23H46O7/c1-2-3-4-5-6-7-8-9-10-11-12-13-14-15-16-21(27)30-20(18-25)23(29)22(28)19(26)17-24/h19-20,22-26,28-29H,2-18H2,1H3/t19-,20-,22-,23-/m1/s1. The lowest BCUT2D eigenvalue weighted by Gasteiger charge is -2.27. The van der Waals surface area contributed by atoms with E-state index < -0.39 is 43.6 Å². The first-order valence-corrected chi connectivity index (χ1v) is 11.9. The highest BCUT2D eigenvalue weighted by molar-refractivity contribution is 5.69. The smallest absolute Gasteiger partial charge is 0.306 e. The van der Waals surface area contributed by atoms with Gasteiger partial charge in [0.2, 0.25) is 0 Å². The summed E-state index contributed by atoms with van der Waals surface area (Å²) in [5, 5.41) is 46.9. The summed E-state index contributed by atoms with van der Waals surface area (Å²) in [5.74, 6) is -0.558. The molecule has 0 radical (unpaired) electrons. The van der Waals surface area contributed by atoms with Crippen molar-refractivity contribution >= 4 is 5.97 Å². The number of hydrogen-bond donors (Lipinski definition) is 5. The zero-order valence-corrected chi connectivity index (χ0v) is 18.9. The Morgan fingerprint density at radius 3 is 1.50 bits per heavy atom. The van der Waals surface area contributed by atoms with E-state index in [2.05, 4.69) is 6.92 Å². The summed E-state index contributed by atoms with van der Waals surface area (Å²) in [5.41, 5.74) is 0. The van der Waals surface area contributed by atoms with Crippen LogP contribution in [0.25, 0.3) is 0 Å². The van der Waals surface area contributed by atoms with Crippen LogP contribution in [0.1, 0.15) is 103 Å². The lowest BCUT2D eigenvalue weighted by atomic mass is 10.0. The van der Waals surface area contributed by atoms with E-state index in [1.54, 1.807) is 0 Å². The Balaban J connectivity index is 3.64. The second-order valence-corrected chi connectivity index (χ2v) is 8.29. The van der Waals surface area contributed by atoms with E-state index in [4.69, 9.17) is 9.84 Å². The number of hydrogen-bond acceptors (Lipinski definition) is 7. The fraction of sp³-hybridized carbons (Fsp3) is 0.957. The van der Waals surface area contributed by atoms with Gasteiger partial charge in [0.15, 0.2) is 6.10 Å². The van der Waals surface area contributed by atoms with Gasteiger partial charge in [-0.2, -0.15) is 0 Å². The van der Waals surface area contributed by atoms with Crippen molar-refractivity contribution in [3.8, 4) is 0 Å². The van der Waals surface area contributed by atoms with Crippen LogP contribution in [0.2, 0.25) is 0 Å². The fourth-order valence-electron chi connectivity index (χ4n) is 3.46. The summed E-state index contributed by atoms with van der Waals surface area (Å²) in [6.07, 6.45) is 11.0. The van der Waals surface area contributed by atoms with E-state index in [1.165, 1.54) is 64.2 Å². The highest BCUT2D eigenvalue weighted by atomic mass is 16.6. The van der Waals surface area contributed by atoms with Gasteiger partial charge in [-0.15, -0.1) is 0 Å². The largest absolute Gasteiger partial charge is 0.457 e. The summed E-state index contributed by atoms with van der Waals surface area (Å²) >= 11 is 0. The minimum absolute atomic E-state index is 0.180. The molecule has 0 saturated carbocycles. The Kier molecular flexibility index (Phi) is 19.7. The lowest BCUT2D eigenvalue weighted by Crippen LogP contribution is -2.48. The van der Waals surface area contributed by atoms with Crippen LogP contribution in [0, 0.1) is 0 Å². The molecule has 0 saturated heterocycles. The van der Waals surface area contributed by atoms with E-state index in [-0.39, 0.29) is 6.42 Å². The van der Waals surface area contributed by atoms with Crippen molar-refractivity contribution in [3.63, 3.8) is 0 Å². The molecule has 0 amide bonds. The van der Waals surface area contributed by atoms with E-state index in [1.807, 2.05) is 0 Å². The minimum Gasteiger partial charge on any atom is -0.457 e. The van der Waals surface area contributed by atoms with Crippen molar-refractivity contribution in [2.45, 2.75) is 128 Å². The first-order chi connectivity index (χ1) is 14.5. The third kappa shape index (κ3) is 15.1. The van der Waals surface area contributed by atoms with E-state index in [0.29, 0.717) is 6.42 Å². The van der Waals surface area contributed by atoms with Crippen LogP contribution in [0.4, 0.5) is 0 Å². The molecule has 0 heterocycles. The van der Waals surface area contributed by atoms with E-state index in [9.17, 15) is 25.2 Å². The summed E-state index contributed by atoms with van der Waals surface area (Å²) < 4.78 is 5.00. The average molecular weight is 435 g/mol. The van der Waals surface area contributed by atoms with Crippen molar-refractivity contribution in [1.29, 1.82) is 0 Å². The fourth-order valence-corrected chi connectivity index (χ4v) is 3.46. The average Bonchev–Trinajstić information content (AvgIpc) is 2.76. The number of rotatable bonds is 21. The summed E-state index contributed by atoms with van der Waals surface area (Å²) in [6, 6.07) is 0. The molecule has 30 heavy (non-hydrogen) atoms. The maximum absolute atomic E-state index is 11.9. The van der Waals surface area contributed by atoms with Crippen LogP contribution in [0.5, 0.6) is 0 Å². The summed E-state index contributed by atoms with van der Waals surface area (Å²) in [6.45, 7) is 0.815. The molecule has 5 N–H and O–H groups in total. The van der Waals surface area contributed by atoms with Crippen LogP contribution < -0.4 is 0 Å². The summed E-state index contributed by atoms with van der Waals surface area (Å²) in [7, 11) is 0. The topological polar surface area (TPSA) is 127 Å². The Labute approximate surface area is 182 Å². The van der Waals surface area contributed by atoms with Gasteiger partial charge in [0.1, 0.15) is 18.3 Å². The van der Waals surface area contributed by atoms with Crippen molar-refractivity contribution in [1.82, 2.24) is 0 Å². The molecule has 0 bridgehead atoms. The molecule has 7 heteroatoms. The van der Waals surface area contributed by atoms with Gasteiger partial charge in [0.05, 0.1) is 13.2 Å². The van der Waals surface area contributed by atoms with Gasteiger partial charge >= 0.3 is 5.97 Å². The van der Waals surface area contributed by atoms with Gasteiger partial charge < -0.3 is 30.3 Å². The zero-order chi connectivity index (χ0) is 22.6. The predicted octanol–water partition coefficient (Wildman–Crippen LogP) is 2.84. The highest BCUT2D eigenvalue weighted by Crippen LogP contribution is 2.14. The quantitative estimate of drug-likeness (QED) is 0.139. The molecule has 7 nitrogen and oxygen atoms in total. The Morgan fingerprint density at radius 1 is 0.667 bits per heavy atom. The van der Waals surface area contributed by atoms with Crippen LogP contribution in [-0.4, -0.2) is 69.1 Å². The van der Waals surface area contributed by atoms with Crippen LogP contribution in [-0.2, 0) is 9.53 Å². The Hall–Kier alpha value is -0.730. The molecular formula is C23H46O7. The first kappa shape index (κ1) is 29.3. The second kappa shape index (κ2) is 20.2.